The number of hydroxylamine groups is 1. The summed E-state index contributed by atoms with van der Waals surface area (Å²) >= 11 is 0. The summed E-state index contributed by atoms with van der Waals surface area (Å²) in [7, 11) is 0. The van der Waals surface area contributed by atoms with Crippen LogP contribution in [0.4, 0.5) is 89.9 Å². The molecule has 24 heteroatoms. The van der Waals surface area contributed by atoms with Crippen molar-refractivity contribution in [1.82, 2.24) is 4.90 Å². The van der Waals surface area contributed by atoms with Crippen LogP contribution in [-0.4, -0.2) is 95.6 Å². The maximum absolute atomic E-state index is 14.5. The second kappa shape index (κ2) is 16.3. The van der Waals surface area contributed by atoms with Crippen molar-refractivity contribution in [1.29, 1.82) is 0 Å². The fraction of sp³-hybridized carbons (Fsp3) is 0.758. The lowest BCUT2D eigenvalue weighted by Gasteiger charge is -2.42. The standard InChI is InChI=1S/C33H39F17N2O5/c1-24(2,3)56-22(53)51-15-12-19(13-16-51)18-20-10-7-8-11-21(20)52(23(54)57-25(4,5)6)55-17-9-14-26(34,35)27(36,37)28(38,39)29(40,41)30(42,43)31(44,45)32(46,47)33(48,49)50/h7-8,10-11,19H,9,12-18H2,1-6H3. The molecule has 1 aromatic rings. The quantitative estimate of drug-likeness (QED) is 0.106. The molecule has 1 saturated heterocycles. The third-order valence-corrected chi connectivity index (χ3v) is 8.19. The number of amides is 2. The van der Waals surface area contributed by atoms with Crippen LogP contribution >= 0.6 is 0 Å². The minimum Gasteiger partial charge on any atom is -0.444 e. The number of piperidine rings is 1. The highest BCUT2D eigenvalue weighted by Crippen LogP contribution is 2.64. The van der Waals surface area contributed by atoms with E-state index in [1.54, 1.807) is 20.8 Å². The van der Waals surface area contributed by atoms with E-state index in [4.69, 9.17) is 14.3 Å². The number of carbonyl (C=O) groups is 2. The van der Waals surface area contributed by atoms with Crippen LogP contribution in [0.2, 0.25) is 0 Å². The fourth-order valence-corrected chi connectivity index (χ4v) is 5.17. The van der Waals surface area contributed by atoms with Gasteiger partial charge in [-0.3, -0.25) is 4.84 Å². The van der Waals surface area contributed by atoms with E-state index in [1.807, 2.05) is 0 Å². The zero-order chi connectivity index (χ0) is 44.6. The molecule has 0 saturated carbocycles. The third kappa shape index (κ3) is 10.2. The predicted octanol–water partition coefficient (Wildman–Crippen LogP) is 11.3. The van der Waals surface area contributed by atoms with Crippen LogP contribution in [0.15, 0.2) is 24.3 Å². The molecule has 0 bridgehead atoms. The summed E-state index contributed by atoms with van der Waals surface area (Å²) in [5.41, 5.74) is -1.86. The number of para-hydroxylation sites is 1. The van der Waals surface area contributed by atoms with Crippen LogP contribution < -0.4 is 5.06 Å². The summed E-state index contributed by atoms with van der Waals surface area (Å²) in [6, 6.07) is 5.59. The van der Waals surface area contributed by atoms with Crippen molar-refractivity contribution >= 4 is 17.9 Å². The molecule has 1 aromatic carbocycles. The molecule has 1 heterocycles. The van der Waals surface area contributed by atoms with E-state index in [2.05, 4.69) is 0 Å². The zero-order valence-corrected chi connectivity index (χ0v) is 30.9. The number of benzene rings is 1. The maximum atomic E-state index is 14.5. The Bertz CT molecular complexity index is 1550. The number of nitrogens with zero attached hydrogens (tertiary/aromatic N) is 2. The Morgan fingerprint density at radius 2 is 1.09 bits per heavy atom. The highest BCUT2D eigenvalue weighted by atomic mass is 19.4. The average molecular weight is 867 g/mol. The molecular weight excluding hydrogens is 827 g/mol. The molecule has 0 unspecified atom stereocenters. The Hall–Kier alpha value is -3.47. The molecule has 330 valence electrons. The van der Waals surface area contributed by atoms with Gasteiger partial charge in [-0.15, -0.1) is 0 Å². The number of hydrogen-bond donors (Lipinski definition) is 0. The first-order chi connectivity index (χ1) is 25.3. The van der Waals surface area contributed by atoms with Crippen molar-refractivity contribution in [3.8, 4) is 0 Å². The summed E-state index contributed by atoms with van der Waals surface area (Å²) in [4.78, 5) is 32.2. The molecule has 2 amide bonds. The maximum Gasteiger partial charge on any atom is 0.460 e. The van der Waals surface area contributed by atoms with Crippen LogP contribution in [0, 0.1) is 5.92 Å². The number of carbonyl (C=O) groups excluding carboxylic acids is 2. The molecule has 1 aliphatic heterocycles. The molecule has 1 fully saturated rings. The minimum atomic E-state index is -8.72. The molecule has 0 spiro atoms. The van der Waals surface area contributed by atoms with E-state index in [0.717, 1.165) is 0 Å². The lowest BCUT2D eigenvalue weighted by Crippen LogP contribution is -2.74. The van der Waals surface area contributed by atoms with Crippen LogP contribution in [-0.2, 0) is 20.7 Å². The summed E-state index contributed by atoms with van der Waals surface area (Å²) in [6.45, 7) is 8.29. The van der Waals surface area contributed by atoms with Gasteiger partial charge in [0.25, 0.3) is 0 Å². The summed E-state index contributed by atoms with van der Waals surface area (Å²) < 4.78 is 243. The van der Waals surface area contributed by atoms with Gasteiger partial charge in [0.05, 0.1) is 12.3 Å². The van der Waals surface area contributed by atoms with Crippen molar-refractivity contribution in [3.05, 3.63) is 29.8 Å². The molecule has 0 radical (unpaired) electrons. The first kappa shape index (κ1) is 49.7. The van der Waals surface area contributed by atoms with Crippen molar-refractivity contribution in [3.63, 3.8) is 0 Å². The Kier molecular flexibility index (Phi) is 14.2. The van der Waals surface area contributed by atoms with E-state index >= 15 is 0 Å². The Morgan fingerprint density at radius 3 is 1.54 bits per heavy atom. The molecule has 7 nitrogen and oxygen atoms in total. The second-order valence-corrected chi connectivity index (χ2v) is 15.1. The number of likely N-dealkylation sites (tertiary alicyclic amines) is 1. The van der Waals surface area contributed by atoms with Gasteiger partial charge >= 0.3 is 59.8 Å². The van der Waals surface area contributed by atoms with Crippen molar-refractivity contribution in [2.24, 2.45) is 5.92 Å². The van der Waals surface area contributed by atoms with Gasteiger partial charge in [0, 0.05) is 19.5 Å². The third-order valence-electron chi connectivity index (χ3n) is 8.19. The normalized spacial score (nSPS) is 16.4. The van der Waals surface area contributed by atoms with E-state index in [9.17, 15) is 84.2 Å². The average Bonchev–Trinajstić information content (AvgIpc) is 3.02. The number of hydrogen-bond acceptors (Lipinski definition) is 5. The summed E-state index contributed by atoms with van der Waals surface area (Å²) in [5, 5.41) is 0.346. The Balaban J connectivity index is 2.32. The molecule has 2 rings (SSSR count). The topological polar surface area (TPSA) is 68.3 Å². The van der Waals surface area contributed by atoms with Gasteiger partial charge in [-0.2, -0.15) is 79.7 Å². The van der Waals surface area contributed by atoms with E-state index in [1.165, 1.54) is 49.9 Å². The highest BCUT2D eigenvalue weighted by molar-refractivity contribution is 5.86. The van der Waals surface area contributed by atoms with Crippen LogP contribution in [0.3, 0.4) is 0 Å². The van der Waals surface area contributed by atoms with Gasteiger partial charge in [0.1, 0.15) is 11.2 Å². The highest BCUT2D eigenvalue weighted by Gasteiger charge is 2.95. The number of anilines is 1. The number of alkyl halides is 17. The van der Waals surface area contributed by atoms with E-state index < -0.39 is 90.5 Å². The first-order valence-electron chi connectivity index (χ1n) is 16.7. The Morgan fingerprint density at radius 1 is 0.649 bits per heavy atom. The smallest absolute Gasteiger partial charge is 0.444 e. The first-order valence-corrected chi connectivity index (χ1v) is 16.7. The monoisotopic (exact) mass is 866 g/mol. The Labute approximate surface area is 314 Å². The molecule has 0 atom stereocenters. The second-order valence-electron chi connectivity index (χ2n) is 15.1. The molecule has 0 aliphatic carbocycles. The van der Waals surface area contributed by atoms with Crippen LogP contribution in [0.1, 0.15) is 72.8 Å². The van der Waals surface area contributed by atoms with Crippen LogP contribution in [0.25, 0.3) is 0 Å². The largest absolute Gasteiger partial charge is 0.460 e. The van der Waals surface area contributed by atoms with Gasteiger partial charge in [-0.05, 0) is 84.8 Å². The zero-order valence-electron chi connectivity index (χ0n) is 30.9. The van der Waals surface area contributed by atoms with Gasteiger partial charge in [0.2, 0.25) is 0 Å². The van der Waals surface area contributed by atoms with Gasteiger partial charge in [0.15, 0.2) is 0 Å². The summed E-state index contributed by atoms with van der Waals surface area (Å²) in [6.07, 6.45) is -13.1. The fourth-order valence-electron chi connectivity index (χ4n) is 5.17. The molecule has 0 N–H and O–H groups in total. The van der Waals surface area contributed by atoms with Gasteiger partial charge < -0.3 is 14.4 Å². The van der Waals surface area contributed by atoms with E-state index in [0.29, 0.717) is 23.5 Å². The lowest BCUT2D eigenvalue weighted by atomic mass is 9.88. The minimum absolute atomic E-state index is 0.136. The van der Waals surface area contributed by atoms with Crippen molar-refractivity contribution < 1.29 is 98.5 Å². The number of rotatable bonds is 14. The van der Waals surface area contributed by atoms with Gasteiger partial charge in [-0.25, -0.2) is 9.59 Å². The molecular formula is C33H39F17N2O5. The van der Waals surface area contributed by atoms with Gasteiger partial charge in [-0.1, -0.05) is 18.2 Å². The summed E-state index contributed by atoms with van der Waals surface area (Å²) in [5.74, 6) is -57.2. The molecule has 57 heavy (non-hydrogen) atoms. The predicted molar refractivity (Wildman–Crippen MR) is 165 cm³/mol. The van der Waals surface area contributed by atoms with E-state index in [-0.39, 0.29) is 31.1 Å². The lowest BCUT2D eigenvalue weighted by molar-refractivity contribution is -0.461. The van der Waals surface area contributed by atoms with Crippen LogP contribution in [0.5, 0.6) is 0 Å². The SMILES string of the molecule is CC(C)(C)OC(=O)N1CCC(Cc2ccccc2N(OCCCC(F)(F)C(F)(F)C(F)(F)C(F)(F)C(F)(F)C(F)(F)C(F)(F)C(F)(F)F)C(=O)OC(C)(C)C)CC1. The molecule has 0 aromatic heterocycles. The number of ether oxygens (including phenoxy) is 2. The van der Waals surface area contributed by atoms with Crippen molar-refractivity contribution in [2.45, 2.75) is 132 Å². The number of halogens is 17. The molecule has 1 aliphatic rings. The van der Waals surface area contributed by atoms with Crippen molar-refractivity contribution in [2.75, 3.05) is 24.8 Å².